The molecule has 0 saturated heterocycles. The van der Waals surface area contributed by atoms with Gasteiger partial charge in [0, 0.05) is 12.4 Å². The monoisotopic (exact) mass is 239 g/mol. The Morgan fingerprint density at radius 3 is 2.94 bits per heavy atom. The van der Waals surface area contributed by atoms with Gasteiger partial charge in [0.2, 0.25) is 0 Å². The lowest BCUT2D eigenvalue weighted by Gasteiger charge is -1.98. The number of hydrazone groups is 1. The third-order valence-electron chi connectivity index (χ3n) is 2.35. The van der Waals surface area contributed by atoms with Gasteiger partial charge in [0.25, 0.3) is 5.91 Å². The minimum absolute atomic E-state index is 0.271. The number of pyridine rings is 1. The summed E-state index contributed by atoms with van der Waals surface area (Å²) in [7, 11) is 0. The quantitative estimate of drug-likeness (QED) is 0.659. The molecule has 1 aromatic heterocycles. The SMILES string of the molecule is Cc1cccc(C=NNC(=O)c2cccnc2)c1. The number of nitrogens with one attached hydrogen (secondary N) is 1. The first kappa shape index (κ1) is 12.0. The van der Waals surface area contributed by atoms with Gasteiger partial charge in [0.05, 0.1) is 11.8 Å². The second-order valence-corrected chi connectivity index (χ2v) is 3.85. The van der Waals surface area contributed by atoms with E-state index in [1.165, 1.54) is 6.20 Å². The predicted octanol–water partition coefficient (Wildman–Crippen LogP) is 2.15. The van der Waals surface area contributed by atoms with Crippen LogP contribution < -0.4 is 5.43 Å². The van der Waals surface area contributed by atoms with E-state index in [1.807, 2.05) is 31.2 Å². The lowest BCUT2D eigenvalue weighted by Crippen LogP contribution is -2.17. The summed E-state index contributed by atoms with van der Waals surface area (Å²) < 4.78 is 0. The number of nitrogens with zero attached hydrogens (tertiary/aromatic N) is 2. The molecule has 1 N–H and O–H groups in total. The first-order valence-electron chi connectivity index (χ1n) is 5.56. The Kier molecular flexibility index (Phi) is 3.81. The molecule has 2 rings (SSSR count). The normalized spacial score (nSPS) is 10.5. The first-order valence-corrected chi connectivity index (χ1v) is 5.56. The van der Waals surface area contributed by atoms with E-state index in [-0.39, 0.29) is 5.91 Å². The molecular weight excluding hydrogens is 226 g/mol. The van der Waals surface area contributed by atoms with E-state index in [2.05, 4.69) is 15.5 Å². The molecular formula is C14H13N3O. The topological polar surface area (TPSA) is 54.4 Å². The van der Waals surface area contributed by atoms with Gasteiger partial charge in [-0.25, -0.2) is 5.43 Å². The Hall–Kier alpha value is -2.49. The number of hydrogen-bond donors (Lipinski definition) is 1. The van der Waals surface area contributed by atoms with E-state index in [1.54, 1.807) is 24.5 Å². The molecule has 1 heterocycles. The second kappa shape index (κ2) is 5.72. The highest BCUT2D eigenvalue weighted by Gasteiger charge is 2.02. The molecule has 4 heteroatoms. The van der Waals surface area contributed by atoms with E-state index in [0.717, 1.165) is 11.1 Å². The number of amides is 1. The molecule has 0 spiro atoms. The number of aryl methyl sites for hydroxylation is 1. The van der Waals surface area contributed by atoms with Crippen LogP contribution >= 0.6 is 0 Å². The fraction of sp³-hybridized carbons (Fsp3) is 0.0714. The Morgan fingerprint density at radius 1 is 1.33 bits per heavy atom. The van der Waals surface area contributed by atoms with Crippen LogP contribution in [0.4, 0.5) is 0 Å². The van der Waals surface area contributed by atoms with Crippen molar-refractivity contribution in [2.75, 3.05) is 0 Å². The van der Waals surface area contributed by atoms with Crippen molar-refractivity contribution in [2.24, 2.45) is 5.10 Å². The summed E-state index contributed by atoms with van der Waals surface area (Å²) >= 11 is 0. The average molecular weight is 239 g/mol. The van der Waals surface area contributed by atoms with E-state index < -0.39 is 0 Å². The summed E-state index contributed by atoms with van der Waals surface area (Å²) in [5.41, 5.74) is 5.04. The number of rotatable bonds is 3. The maximum Gasteiger partial charge on any atom is 0.272 e. The van der Waals surface area contributed by atoms with E-state index in [0.29, 0.717) is 5.56 Å². The van der Waals surface area contributed by atoms with Crippen LogP contribution in [0.15, 0.2) is 53.9 Å². The molecule has 18 heavy (non-hydrogen) atoms. The Bertz CT molecular complexity index is 564. The molecule has 0 radical (unpaired) electrons. The van der Waals surface area contributed by atoms with Crippen LogP contribution in [-0.4, -0.2) is 17.1 Å². The van der Waals surface area contributed by atoms with Crippen molar-refractivity contribution in [1.29, 1.82) is 0 Å². The summed E-state index contributed by atoms with van der Waals surface area (Å²) in [5, 5.41) is 3.91. The van der Waals surface area contributed by atoms with Gasteiger partial charge in [-0.15, -0.1) is 0 Å². The number of carbonyl (C=O) groups is 1. The molecule has 1 amide bonds. The molecule has 0 atom stereocenters. The van der Waals surface area contributed by atoms with Crippen molar-refractivity contribution in [3.63, 3.8) is 0 Å². The summed E-state index contributed by atoms with van der Waals surface area (Å²) in [6.45, 7) is 2.01. The number of carbonyl (C=O) groups excluding carboxylic acids is 1. The molecule has 0 aliphatic rings. The summed E-state index contributed by atoms with van der Waals surface area (Å²) in [5.74, 6) is -0.271. The average Bonchev–Trinajstić information content (AvgIpc) is 2.40. The van der Waals surface area contributed by atoms with Gasteiger partial charge >= 0.3 is 0 Å². The number of aromatic nitrogens is 1. The van der Waals surface area contributed by atoms with Crippen molar-refractivity contribution < 1.29 is 4.79 Å². The molecule has 0 fully saturated rings. The second-order valence-electron chi connectivity index (χ2n) is 3.85. The van der Waals surface area contributed by atoms with Crippen molar-refractivity contribution in [1.82, 2.24) is 10.4 Å². The van der Waals surface area contributed by atoms with Gasteiger partial charge in [-0.3, -0.25) is 9.78 Å². The third kappa shape index (κ3) is 3.25. The van der Waals surface area contributed by atoms with Gasteiger partial charge in [-0.2, -0.15) is 5.10 Å². The van der Waals surface area contributed by atoms with Gasteiger partial charge in [-0.05, 0) is 24.6 Å². The van der Waals surface area contributed by atoms with Crippen molar-refractivity contribution in [2.45, 2.75) is 6.92 Å². The zero-order chi connectivity index (χ0) is 12.8. The lowest BCUT2D eigenvalue weighted by atomic mass is 10.2. The molecule has 0 bridgehead atoms. The standard InChI is InChI=1S/C14H13N3O/c1-11-4-2-5-12(8-11)9-16-17-14(18)13-6-3-7-15-10-13/h2-10H,1H3,(H,17,18). The van der Waals surface area contributed by atoms with Crippen molar-refractivity contribution in [3.05, 3.63) is 65.5 Å². The van der Waals surface area contributed by atoms with Crippen LogP contribution in [0, 0.1) is 6.92 Å². The summed E-state index contributed by atoms with van der Waals surface area (Å²) in [4.78, 5) is 15.5. The van der Waals surface area contributed by atoms with Gasteiger partial charge in [0.15, 0.2) is 0 Å². The molecule has 1 aromatic carbocycles. The van der Waals surface area contributed by atoms with Crippen molar-refractivity contribution in [3.8, 4) is 0 Å². The smallest absolute Gasteiger partial charge is 0.267 e. The Balaban J connectivity index is 1.98. The van der Waals surface area contributed by atoms with Crippen LogP contribution in [0.1, 0.15) is 21.5 Å². The molecule has 0 aliphatic heterocycles. The van der Waals surface area contributed by atoms with Gasteiger partial charge in [-0.1, -0.05) is 29.8 Å². The van der Waals surface area contributed by atoms with Crippen LogP contribution in [-0.2, 0) is 0 Å². The summed E-state index contributed by atoms with van der Waals surface area (Å²) in [6.07, 6.45) is 4.73. The van der Waals surface area contributed by atoms with Crippen LogP contribution in [0.5, 0.6) is 0 Å². The summed E-state index contributed by atoms with van der Waals surface area (Å²) in [6, 6.07) is 11.3. The molecule has 0 unspecified atom stereocenters. The van der Waals surface area contributed by atoms with Gasteiger partial charge in [0.1, 0.15) is 0 Å². The Morgan fingerprint density at radius 2 is 2.22 bits per heavy atom. The molecule has 0 aliphatic carbocycles. The maximum atomic E-state index is 11.6. The lowest BCUT2D eigenvalue weighted by molar-refractivity contribution is 0.0955. The maximum absolute atomic E-state index is 11.6. The zero-order valence-electron chi connectivity index (χ0n) is 10.00. The Labute approximate surface area is 105 Å². The molecule has 90 valence electrons. The minimum Gasteiger partial charge on any atom is -0.267 e. The fourth-order valence-corrected chi connectivity index (χ4v) is 1.48. The molecule has 4 nitrogen and oxygen atoms in total. The highest BCUT2D eigenvalue weighted by molar-refractivity contribution is 5.94. The van der Waals surface area contributed by atoms with Crippen LogP contribution in [0.2, 0.25) is 0 Å². The minimum atomic E-state index is -0.271. The predicted molar refractivity (Wildman–Crippen MR) is 70.5 cm³/mol. The van der Waals surface area contributed by atoms with Crippen molar-refractivity contribution >= 4 is 12.1 Å². The zero-order valence-corrected chi connectivity index (χ0v) is 10.00. The van der Waals surface area contributed by atoms with Crippen LogP contribution in [0.25, 0.3) is 0 Å². The first-order chi connectivity index (χ1) is 8.75. The highest BCUT2D eigenvalue weighted by atomic mass is 16.2. The van der Waals surface area contributed by atoms with E-state index >= 15 is 0 Å². The highest BCUT2D eigenvalue weighted by Crippen LogP contribution is 2.00. The number of hydrogen-bond acceptors (Lipinski definition) is 3. The fourth-order valence-electron chi connectivity index (χ4n) is 1.48. The molecule has 2 aromatic rings. The van der Waals surface area contributed by atoms with E-state index in [9.17, 15) is 4.79 Å². The van der Waals surface area contributed by atoms with Crippen LogP contribution in [0.3, 0.4) is 0 Å². The largest absolute Gasteiger partial charge is 0.272 e. The van der Waals surface area contributed by atoms with E-state index in [4.69, 9.17) is 0 Å². The molecule has 0 saturated carbocycles. The third-order valence-corrected chi connectivity index (χ3v) is 2.35. The number of benzene rings is 1. The van der Waals surface area contributed by atoms with Gasteiger partial charge < -0.3 is 0 Å².